The third-order valence-corrected chi connectivity index (χ3v) is 5.40. The summed E-state index contributed by atoms with van der Waals surface area (Å²) in [5, 5.41) is 0. The van der Waals surface area contributed by atoms with E-state index in [1.807, 2.05) is 14.1 Å². The van der Waals surface area contributed by atoms with Crippen LogP contribution >= 0.6 is 0 Å². The van der Waals surface area contributed by atoms with Crippen LogP contribution in [0.15, 0.2) is 0 Å². The number of carbonyl (C=O) groups excluding carboxylic acids is 2. The van der Waals surface area contributed by atoms with Gasteiger partial charge in [0.05, 0.1) is 59.3 Å². The van der Waals surface area contributed by atoms with Crippen LogP contribution in [0.2, 0.25) is 0 Å². The van der Waals surface area contributed by atoms with Gasteiger partial charge in [0.1, 0.15) is 13.2 Å². The van der Waals surface area contributed by atoms with Crippen LogP contribution < -0.4 is 0 Å². The predicted molar refractivity (Wildman–Crippen MR) is 112 cm³/mol. The number of nitrogens with zero attached hydrogens (tertiary/aromatic N) is 1. The first kappa shape index (κ1) is 31.9. The summed E-state index contributed by atoms with van der Waals surface area (Å²) in [6.07, 6.45) is 0.376. The van der Waals surface area contributed by atoms with E-state index in [-0.39, 0.29) is 42.6 Å². The summed E-state index contributed by atoms with van der Waals surface area (Å²) in [5.74, 6) is -1.84. The van der Waals surface area contributed by atoms with Gasteiger partial charge in [0.25, 0.3) is 0 Å². The van der Waals surface area contributed by atoms with Crippen molar-refractivity contribution in [3.8, 4) is 0 Å². The summed E-state index contributed by atoms with van der Waals surface area (Å²) < 4.78 is 72.0. The molecule has 13 heteroatoms. The maximum Gasteiger partial charge on any atom is 0.308 e. The predicted octanol–water partition coefficient (Wildman–Crippen LogP) is 0.318. The molecule has 0 bridgehead atoms. The van der Waals surface area contributed by atoms with Gasteiger partial charge in [-0.3, -0.25) is 9.59 Å². The van der Waals surface area contributed by atoms with Gasteiger partial charge in [0, 0.05) is 17.9 Å². The van der Waals surface area contributed by atoms with Crippen LogP contribution in [0.4, 0.5) is 0 Å². The van der Waals surface area contributed by atoms with Gasteiger partial charge in [-0.05, 0) is 6.42 Å². The van der Waals surface area contributed by atoms with Gasteiger partial charge in [-0.2, -0.15) is 0 Å². The van der Waals surface area contributed by atoms with E-state index >= 15 is 0 Å². The molecule has 0 aliphatic rings. The minimum atomic E-state index is -4.18. The molecule has 0 spiro atoms. The molecule has 0 fully saturated rings. The summed E-state index contributed by atoms with van der Waals surface area (Å²) in [7, 11) is -4.51. The van der Waals surface area contributed by atoms with Crippen LogP contribution in [0.3, 0.4) is 0 Å². The Kier molecular flexibility index (Phi) is 15.1. The van der Waals surface area contributed by atoms with Crippen molar-refractivity contribution < 1.29 is 49.5 Å². The third kappa shape index (κ3) is 23.2. The normalized spacial score (nSPS) is 12.3. The second-order valence-electron chi connectivity index (χ2n) is 8.26. The number of likely N-dealkylation sites (N-methyl/N-ethyl adjacent to an activating group) is 1. The molecule has 0 amide bonds. The quantitative estimate of drug-likeness (QED) is 0.152. The highest BCUT2D eigenvalue weighted by molar-refractivity contribution is 7.85. The fraction of sp³-hybridized carbons (Fsp3) is 0.889. The first-order chi connectivity index (χ1) is 13.9. The molecular weight excluding hydrogens is 454 g/mol. The fourth-order valence-corrected chi connectivity index (χ4v) is 2.87. The summed E-state index contributed by atoms with van der Waals surface area (Å²) in [5.41, 5.74) is 0. The highest BCUT2D eigenvalue weighted by Gasteiger charge is 2.17. The van der Waals surface area contributed by atoms with Crippen LogP contribution in [-0.4, -0.2) is 94.3 Å². The van der Waals surface area contributed by atoms with Crippen molar-refractivity contribution in [2.45, 2.75) is 40.5 Å². The molecule has 186 valence electrons. The van der Waals surface area contributed by atoms with Gasteiger partial charge < -0.3 is 23.1 Å². The van der Waals surface area contributed by atoms with Crippen molar-refractivity contribution in [3.63, 3.8) is 0 Å². The molecular formula is C18H36NO10S2-. The first-order valence-electron chi connectivity index (χ1n) is 9.88. The van der Waals surface area contributed by atoms with Gasteiger partial charge in [0.2, 0.25) is 0 Å². The second-order valence-corrected chi connectivity index (χ2v) is 11.3. The molecule has 0 radical (unpaired) electrons. The lowest BCUT2D eigenvalue weighted by Gasteiger charge is -2.29. The summed E-state index contributed by atoms with van der Waals surface area (Å²) in [6.45, 7) is 8.31. The molecule has 0 atom stereocenters. The molecule has 0 aliphatic heterocycles. The van der Waals surface area contributed by atoms with E-state index in [4.69, 9.17) is 4.74 Å². The first-order valence-corrected chi connectivity index (χ1v) is 13.0. The molecule has 0 aromatic heterocycles. The molecule has 31 heavy (non-hydrogen) atoms. The van der Waals surface area contributed by atoms with Crippen molar-refractivity contribution in [2.75, 3.05) is 51.9 Å². The molecule has 0 heterocycles. The maximum absolute atomic E-state index is 11.2. The Balaban J connectivity index is 0. The smallest absolute Gasteiger partial charge is 0.308 e. The minimum absolute atomic E-state index is 0.0154. The van der Waals surface area contributed by atoms with Crippen LogP contribution in [0.25, 0.3) is 0 Å². The third-order valence-electron chi connectivity index (χ3n) is 3.82. The molecule has 11 nitrogen and oxygen atoms in total. The zero-order valence-electron chi connectivity index (χ0n) is 19.2. The van der Waals surface area contributed by atoms with E-state index in [0.717, 1.165) is 0 Å². The Labute approximate surface area is 186 Å². The summed E-state index contributed by atoms with van der Waals surface area (Å²) in [4.78, 5) is 22.0. The van der Waals surface area contributed by atoms with Crippen molar-refractivity contribution in [2.24, 2.45) is 11.8 Å². The second kappa shape index (κ2) is 14.7. The van der Waals surface area contributed by atoms with Crippen LogP contribution in [0.5, 0.6) is 0 Å². The average molecular weight is 491 g/mol. The van der Waals surface area contributed by atoms with E-state index in [2.05, 4.69) is 4.74 Å². The maximum atomic E-state index is 11.2. The largest absolute Gasteiger partial charge is 0.748 e. The summed E-state index contributed by atoms with van der Waals surface area (Å²) in [6, 6.07) is 0. The van der Waals surface area contributed by atoms with Gasteiger partial charge in [-0.1, -0.05) is 27.7 Å². The van der Waals surface area contributed by atoms with Gasteiger partial charge >= 0.3 is 11.9 Å². The highest BCUT2D eigenvalue weighted by atomic mass is 32.2. The number of hydrogen-bond acceptors (Lipinski definition) is 10. The zero-order chi connectivity index (χ0) is 24.9. The molecule has 0 N–H and O–H groups in total. The van der Waals surface area contributed by atoms with Crippen molar-refractivity contribution in [1.82, 2.24) is 0 Å². The number of ether oxygens (including phenoxy) is 2. The Morgan fingerprint density at radius 2 is 1.13 bits per heavy atom. The zero-order valence-corrected chi connectivity index (χ0v) is 20.8. The van der Waals surface area contributed by atoms with E-state index in [0.29, 0.717) is 30.6 Å². The lowest BCUT2D eigenvalue weighted by Crippen LogP contribution is -2.44. The SMILES string of the molecule is CC(C)C(=O)OCCCS(=O)(=O)[O-].CC(C)C(=O)OCC[N+](C)(C)CCCS(=O)(=O)[O-]. The lowest BCUT2D eigenvalue weighted by atomic mass is 10.2. The number of esters is 2. The molecule has 0 aromatic rings. The highest BCUT2D eigenvalue weighted by Crippen LogP contribution is 2.03. The number of hydrogen-bond donors (Lipinski definition) is 0. The van der Waals surface area contributed by atoms with Gasteiger partial charge in [-0.15, -0.1) is 0 Å². The average Bonchev–Trinajstić information content (AvgIpc) is 2.56. The lowest BCUT2D eigenvalue weighted by molar-refractivity contribution is -0.890. The van der Waals surface area contributed by atoms with Gasteiger partial charge in [0.15, 0.2) is 0 Å². The van der Waals surface area contributed by atoms with Crippen molar-refractivity contribution >= 4 is 32.2 Å². The standard InChI is InChI=1S/C11H23NO5S.C7H14O5S/c1-10(2)11(13)17-8-7-12(3,4)6-5-9-18(14,15)16;1-6(2)7(8)12-4-3-5-13(9,10)11/h10H,5-9H2,1-4H3;6H,3-5H2,1-2H3,(H,9,10,11)/p-1. The Bertz CT molecular complexity index is 743. The Morgan fingerprint density at radius 1 is 0.742 bits per heavy atom. The number of rotatable bonds is 13. The number of carbonyl (C=O) groups is 2. The van der Waals surface area contributed by atoms with Crippen molar-refractivity contribution in [1.29, 1.82) is 0 Å². The van der Waals surface area contributed by atoms with Crippen LogP contribution in [0, 0.1) is 11.8 Å². The number of quaternary nitrogens is 1. The molecule has 0 aliphatic carbocycles. The van der Waals surface area contributed by atoms with Gasteiger partial charge in [-0.25, -0.2) is 16.8 Å². The van der Waals surface area contributed by atoms with E-state index in [1.54, 1.807) is 27.7 Å². The fourth-order valence-electron chi connectivity index (χ4n) is 1.92. The molecule has 0 saturated heterocycles. The van der Waals surface area contributed by atoms with E-state index < -0.39 is 26.0 Å². The summed E-state index contributed by atoms with van der Waals surface area (Å²) >= 11 is 0. The minimum Gasteiger partial charge on any atom is -0.748 e. The van der Waals surface area contributed by atoms with E-state index in [1.165, 1.54) is 0 Å². The van der Waals surface area contributed by atoms with Crippen LogP contribution in [0.1, 0.15) is 40.5 Å². The van der Waals surface area contributed by atoms with Crippen LogP contribution in [-0.2, 0) is 39.3 Å². The molecule has 0 aromatic carbocycles. The van der Waals surface area contributed by atoms with Crippen molar-refractivity contribution in [3.05, 3.63) is 0 Å². The molecule has 0 saturated carbocycles. The Morgan fingerprint density at radius 3 is 1.52 bits per heavy atom. The molecule has 0 unspecified atom stereocenters. The monoisotopic (exact) mass is 490 g/mol. The Hall–Kier alpha value is -1.28. The molecule has 0 rings (SSSR count). The van der Waals surface area contributed by atoms with E-state index in [9.17, 15) is 35.5 Å². The topological polar surface area (TPSA) is 167 Å².